The minimum atomic E-state index is -0.653. The van der Waals surface area contributed by atoms with Crippen LogP contribution in [-0.4, -0.2) is 21.9 Å². The number of hydrogen-bond acceptors (Lipinski definition) is 5. The maximum absolute atomic E-state index is 8.87. The van der Waals surface area contributed by atoms with Gasteiger partial charge in [-0.1, -0.05) is 34.4 Å². The molecule has 0 unspecified atom stereocenters. The van der Waals surface area contributed by atoms with Gasteiger partial charge in [-0.05, 0) is 17.7 Å². The molecular weight excluding hydrogens is 277 g/mol. The van der Waals surface area contributed by atoms with Gasteiger partial charge in [-0.25, -0.2) is 0 Å². The minimum Gasteiger partial charge on any atom is -0.394 e. The summed E-state index contributed by atoms with van der Waals surface area (Å²) < 4.78 is 4.94. The normalized spacial score (nSPS) is 12.7. The molecule has 0 aliphatic heterocycles. The highest BCUT2D eigenvalue weighted by atomic mass is 35.5. The summed E-state index contributed by atoms with van der Waals surface area (Å²) in [6.07, 6.45) is 0.457. The van der Waals surface area contributed by atoms with Gasteiger partial charge in [0.25, 0.3) is 0 Å². The Bertz CT molecular complexity index is 545. The van der Waals surface area contributed by atoms with Crippen LogP contribution in [0.5, 0.6) is 0 Å². The molecule has 0 saturated carbocycles. The lowest BCUT2D eigenvalue weighted by Gasteiger charge is -2.00. The van der Waals surface area contributed by atoms with Crippen molar-refractivity contribution in [2.45, 2.75) is 12.5 Å². The zero-order valence-corrected chi connectivity index (χ0v) is 10.8. The zero-order valence-electron chi connectivity index (χ0n) is 9.31. The van der Waals surface area contributed by atoms with E-state index in [-0.39, 0.29) is 12.5 Å². The first-order valence-electron chi connectivity index (χ1n) is 5.23. The van der Waals surface area contributed by atoms with E-state index in [9.17, 15) is 0 Å². The molecule has 2 rings (SSSR count). The third-order valence-electron chi connectivity index (χ3n) is 2.34. The summed E-state index contributed by atoms with van der Waals surface area (Å²) in [6, 6.07) is 4.63. The van der Waals surface area contributed by atoms with Crippen molar-refractivity contribution in [2.24, 2.45) is 5.73 Å². The van der Waals surface area contributed by atoms with E-state index in [0.717, 1.165) is 5.56 Å². The molecule has 0 bridgehead atoms. The van der Waals surface area contributed by atoms with E-state index in [1.807, 2.05) is 6.07 Å². The maximum atomic E-state index is 8.87. The third kappa shape index (κ3) is 3.00. The maximum Gasteiger partial charge on any atom is 0.245 e. The summed E-state index contributed by atoms with van der Waals surface area (Å²) in [5.41, 5.74) is 6.47. The SMILES string of the molecule is N[C@H](CO)c1nc(Cc2ccc(Cl)c(Cl)c2)no1. The first-order valence-corrected chi connectivity index (χ1v) is 5.98. The number of halogens is 2. The van der Waals surface area contributed by atoms with E-state index < -0.39 is 6.04 Å². The van der Waals surface area contributed by atoms with Gasteiger partial charge < -0.3 is 15.4 Å². The van der Waals surface area contributed by atoms with E-state index in [0.29, 0.717) is 22.3 Å². The van der Waals surface area contributed by atoms with Gasteiger partial charge in [-0.2, -0.15) is 4.98 Å². The van der Waals surface area contributed by atoms with Gasteiger partial charge in [-0.3, -0.25) is 0 Å². The van der Waals surface area contributed by atoms with Crippen LogP contribution < -0.4 is 5.73 Å². The lowest BCUT2D eigenvalue weighted by molar-refractivity contribution is 0.236. The molecule has 0 aliphatic carbocycles. The van der Waals surface area contributed by atoms with Crippen LogP contribution in [0.2, 0.25) is 10.0 Å². The fourth-order valence-corrected chi connectivity index (χ4v) is 1.72. The summed E-state index contributed by atoms with van der Waals surface area (Å²) >= 11 is 11.7. The van der Waals surface area contributed by atoms with Crippen LogP contribution in [0.1, 0.15) is 23.3 Å². The van der Waals surface area contributed by atoms with Crippen molar-refractivity contribution >= 4 is 23.2 Å². The molecule has 0 amide bonds. The Hall–Kier alpha value is -1.14. The molecule has 1 aromatic heterocycles. The number of benzene rings is 1. The molecule has 7 heteroatoms. The summed E-state index contributed by atoms with van der Waals surface area (Å²) in [6.45, 7) is -0.242. The van der Waals surface area contributed by atoms with Crippen molar-refractivity contribution in [3.8, 4) is 0 Å². The van der Waals surface area contributed by atoms with Gasteiger partial charge in [0.05, 0.1) is 16.7 Å². The highest BCUT2D eigenvalue weighted by Gasteiger charge is 2.14. The zero-order chi connectivity index (χ0) is 13.1. The van der Waals surface area contributed by atoms with Gasteiger partial charge >= 0.3 is 0 Å². The molecule has 5 nitrogen and oxygen atoms in total. The molecule has 0 spiro atoms. The molecule has 1 aromatic carbocycles. The molecule has 1 heterocycles. The van der Waals surface area contributed by atoms with Crippen LogP contribution >= 0.6 is 23.2 Å². The first-order chi connectivity index (χ1) is 8.60. The fourth-order valence-electron chi connectivity index (χ4n) is 1.40. The van der Waals surface area contributed by atoms with Crippen LogP contribution in [0.4, 0.5) is 0 Å². The molecule has 0 saturated heterocycles. The lowest BCUT2D eigenvalue weighted by atomic mass is 10.1. The van der Waals surface area contributed by atoms with E-state index in [4.69, 9.17) is 38.6 Å². The van der Waals surface area contributed by atoms with E-state index >= 15 is 0 Å². The summed E-state index contributed by atoms with van der Waals surface area (Å²) in [4.78, 5) is 4.09. The lowest BCUT2D eigenvalue weighted by Crippen LogP contribution is -2.14. The topological polar surface area (TPSA) is 85.2 Å². The molecular formula is C11H11Cl2N3O2. The van der Waals surface area contributed by atoms with E-state index in [1.165, 1.54) is 0 Å². The highest BCUT2D eigenvalue weighted by molar-refractivity contribution is 6.42. The highest BCUT2D eigenvalue weighted by Crippen LogP contribution is 2.23. The first kappa shape index (κ1) is 13.3. The van der Waals surface area contributed by atoms with Crippen molar-refractivity contribution < 1.29 is 9.63 Å². The molecule has 1 atom stereocenters. The number of nitrogens with zero attached hydrogens (tertiary/aromatic N) is 2. The number of nitrogens with two attached hydrogens (primary N) is 1. The van der Waals surface area contributed by atoms with Gasteiger partial charge in [0.2, 0.25) is 5.89 Å². The second kappa shape index (κ2) is 5.67. The smallest absolute Gasteiger partial charge is 0.245 e. The van der Waals surface area contributed by atoms with Crippen molar-refractivity contribution in [3.63, 3.8) is 0 Å². The van der Waals surface area contributed by atoms with Crippen LogP contribution in [0.3, 0.4) is 0 Å². The second-order valence-electron chi connectivity index (χ2n) is 3.76. The monoisotopic (exact) mass is 287 g/mol. The summed E-state index contributed by atoms with van der Waals surface area (Å²) in [7, 11) is 0. The number of aromatic nitrogens is 2. The van der Waals surface area contributed by atoms with Gasteiger partial charge in [0, 0.05) is 6.42 Å². The van der Waals surface area contributed by atoms with Crippen LogP contribution in [0.15, 0.2) is 22.7 Å². The summed E-state index contributed by atoms with van der Waals surface area (Å²) in [5.74, 6) is 0.694. The Labute approximate surface area is 114 Å². The third-order valence-corrected chi connectivity index (χ3v) is 3.08. The Morgan fingerprint density at radius 1 is 1.33 bits per heavy atom. The molecule has 0 aliphatic rings. The van der Waals surface area contributed by atoms with Crippen molar-refractivity contribution in [3.05, 3.63) is 45.5 Å². The molecule has 2 aromatic rings. The second-order valence-corrected chi connectivity index (χ2v) is 4.58. The Kier molecular flexibility index (Phi) is 4.19. The van der Waals surface area contributed by atoms with Crippen LogP contribution in [0, 0.1) is 0 Å². The number of aliphatic hydroxyl groups excluding tert-OH is 1. The van der Waals surface area contributed by atoms with Crippen molar-refractivity contribution in [2.75, 3.05) is 6.61 Å². The average Bonchev–Trinajstić information content (AvgIpc) is 2.81. The van der Waals surface area contributed by atoms with Gasteiger partial charge in [-0.15, -0.1) is 0 Å². The molecule has 3 N–H and O–H groups in total. The number of aliphatic hydroxyl groups is 1. The minimum absolute atomic E-state index is 0.215. The number of hydrogen-bond donors (Lipinski definition) is 2. The van der Waals surface area contributed by atoms with E-state index in [2.05, 4.69) is 10.1 Å². The molecule has 0 fully saturated rings. The fraction of sp³-hybridized carbons (Fsp3) is 0.273. The van der Waals surface area contributed by atoms with Crippen molar-refractivity contribution in [1.29, 1.82) is 0 Å². The van der Waals surface area contributed by atoms with Crippen LogP contribution in [0.25, 0.3) is 0 Å². The molecule has 0 radical (unpaired) electrons. The Morgan fingerprint density at radius 2 is 2.11 bits per heavy atom. The Balaban J connectivity index is 2.13. The predicted octanol–water partition coefficient (Wildman–Crippen LogP) is 1.96. The molecule has 96 valence electrons. The standard InChI is InChI=1S/C11H11Cl2N3O2/c12-7-2-1-6(3-8(7)13)4-10-15-11(18-16-10)9(14)5-17/h1-3,9,17H,4-5,14H2/t9-/m1/s1. The van der Waals surface area contributed by atoms with Crippen molar-refractivity contribution in [1.82, 2.24) is 10.1 Å². The largest absolute Gasteiger partial charge is 0.394 e. The Morgan fingerprint density at radius 3 is 2.78 bits per heavy atom. The quantitative estimate of drug-likeness (QED) is 0.898. The van der Waals surface area contributed by atoms with Gasteiger partial charge in [0.1, 0.15) is 6.04 Å². The van der Waals surface area contributed by atoms with Gasteiger partial charge in [0.15, 0.2) is 5.82 Å². The average molecular weight is 288 g/mol. The summed E-state index contributed by atoms with van der Waals surface area (Å²) in [5, 5.41) is 13.6. The predicted molar refractivity (Wildman–Crippen MR) is 67.6 cm³/mol. The van der Waals surface area contributed by atoms with Crippen LogP contribution in [-0.2, 0) is 6.42 Å². The van der Waals surface area contributed by atoms with E-state index in [1.54, 1.807) is 12.1 Å². The molecule has 18 heavy (non-hydrogen) atoms. The number of rotatable bonds is 4.